The molecule has 136 valence electrons. The van der Waals surface area contributed by atoms with Crippen molar-refractivity contribution in [3.05, 3.63) is 83.9 Å². The van der Waals surface area contributed by atoms with E-state index >= 15 is 0 Å². The van der Waals surface area contributed by atoms with E-state index in [1.54, 1.807) is 23.2 Å². The largest absolute Gasteiger partial charge is 0.465 e. The number of carbonyl (C=O) groups excluding carboxylic acids is 2. The number of nitrogens with one attached hydrogen (secondary N) is 1. The first-order valence-corrected chi connectivity index (χ1v) is 8.04. The molecular weight excluding hydrogens is 349 g/mol. The highest BCUT2D eigenvalue weighted by molar-refractivity contribution is 6.02. The number of ether oxygens (including phenoxy) is 1. The third-order valence-corrected chi connectivity index (χ3v) is 3.70. The number of methoxy groups -OCH3 is 1. The lowest BCUT2D eigenvalue weighted by molar-refractivity contribution is -0.111. The lowest BCUT2D eigenvalue weighted by Crippen LogP contribution is -2.11. The van der Waals surface area contributed by atoms with Crippen molar-refractivity contribution in [2.45, 2.75) is 0 Å². The Hall–Kier alpha value is -3.74. The molecule has 0 unspecified atom stereocenters. The molecule has 0 atom stereocenters. The standard InChI is InChI=1S/C20H16FN3O3/c1-27-20(26)15-8-9-17(21)18(11-15)23-19(25)10-7-14-12-22-24(13-14)16-5-3-2-4-6-16/h2-13H,1H3,(H,23,25)/b10-7+. The van der Waals surface area contributed by atoms with Crippen molar-refractivity contribution < 1.29 is 18.7 Å². The first-order chi connectivity index (χ1) is 13.1. The summed E-state index contributed by atoms with van der Waals surface area (Å²) in [4.78, 5) is 23.6. The van der Waals surface area contributed by atoms with Gasteiger partial charge in [0.25, 0.3) is 0 Å². The zero-order valence-corrected chi connectivity index (χ0v) is 14.4. The number of halogens is 1. The maximum atomic E-state index is 13.8. The number of carbonyl (C=O) groups is 2. The highest BCUT2D eigenvalue weighted by Crippen LogP contribution is 2.17. The molecule has 27 heavy (non-hydrogen) atoms. The Kier molecular flexibility index (Phi) is 5.41. The molecule has 2 aromatic carbocycles. The van der Waals surface area contributed by atoms with Crippen LogP contribution in [0.2, 0.25) is 0 Å². The topological polar surface area (TPSA) is 73.2 Å². The lowest BCUT2D eigenvalue weighted by atomic mass is 10.2. The molecule has 0 aliphatic heterocycles. The van der Waals surface area contributed by atoms with Crippen molar-refractivity contribution in [3.63, 3.8) is 0 Å². The number of amides is 1. The number of esters is 1. The maximum absolute atomic E-state index is 13.8. The van der Waals surface area contributed by atoms with Crippen LogP contribution in [0.3, 0.4) is 0 Å². The summed E-state index contributed by atoms with van der Waals surface area (Å²) in [5.74, 6) is -1.81. The van der Waals surface area contributed by atoms with E-state index in [9.17, 15) is 14.0 Å². The van der Waals surface area contributed by atoms with Crippen molar-refractivity contribution in [1.82, 2.24) is 9.78 Å². The van der Waals surface area contributed by atoms with Gasteiger partial charge in [0.1, 0.15) is 5.82 Å². The zero-order chi connectivity index (χ0) is 19.2. The van der Waals surface area contributed by atoms with Crippen LogP contribution in [0.5, 0.6) is 0 Å². The Morgan fingerprint density at radius 1 is 1.19 bits per heavy atom. The Bertz CT molecular complexity index is 997. The molecule has 0 aliphatic carbocycles. The molecule has 1 N–H and O–H groups in total. The normalized spacial score (nSPS) is 10.7. The summed E-state index contributed by atoms with van der Waals surface area (Å²) >= 11 is 0. The van der Waals surface area contributed by atoms with Gasteiger partial charge in [-0.3, -0.25) is 4.79 Å². The van der Waals surface area contributed by atoms with Gasteiger partial charge in [0.2, 0.25) is 5.91 Å². The van der Waals surface area contributed by atoms with Crippen molar-refractivity contribution in [2.24, 2.45) is 0 Å². The molecule has 3 aromatic rings. The van der Waals surface area contributed by atoms with Crippen LogP contribution < -0.4 is 5.32 Å². The number of hydrogen-bond acceptors (Lipinski definition) is 4. The molecule has 0 bridgehead atoms. The van der Waals surface area contributed by atoms with Gasteiger partial charge >= 0.3 is 5.97 Å². The number of rotatable bonds is 5. The van der Waals surface area contributed by atoms with E-state index in [1.807, 2.05) is 30.3 Å². The SMILES string of the molecule is COC(=O)c1ccc(F)c(NC(=O)/C=C/c2cnn(-c3ccccc3)c2)c1. The minimum absolute atomic E-state index is 0.104. The van der Waals surface area contributed by atoms with Gasteiger partial charge in [-0.1, -0.05) is 18.2 Å². The summed E-state index contributed by atoms with van der Waals surface area (Å²) in [6.07, 6.45) is 6.19. The van der Waals surface area contributed by atoms with Gasteiger partial charge in [-0.25, -0.2) is 13.9 Å². The molecule has 1 heterocycles. The number of benzene rings is 2. The van der Waals surface area contributed by atoms with E-state index in [1.165, 1.54) is 25.3 Å². The fraction of sp³-hybridized carbons (Fsp3) is 0.0500. The van der Waals surface area contributed by atoms with Gasteiger partial charge in [-0.05, 0) is 36.4 Å². The minimum Gasteiger partial charge on any atom is -0.465 e. The van der Waals surface area contributed by atoms with Crippen LogP contribution in [0.25, 0.3) is 11.8 Å². The first-order valence-electron chi connectivity index (χ1n) is 8.04. The Morgan fingerprint density at radius 2 is 1.96 bits per heavy atom. The van der Waals surface area contributed by atoms with E-state index in [2.05, 4.69) is 15.2 Å². The number of aromatic nitrogens is 2. The Morgan fingerprint density at radius 3 is 2.70 bits per heavy atom. The van der Waals surface area contributed by atoms with E-state index in [4.69, 9.17) is 0 Å². The van der Waals surface area contributed by atoms with Crippen molar-refractivity contribution in [2.75, 3.05) is 12.4 Å². The van der Waals surface area contributed by atoms with Crippen LogP contribution in [-0.4, -0.2) is 28.8 Å². The van der Waals surface area contributed by atoms with Gasteiger partial charge in [0.15, 0.2) is 0 Å². The Labute approximate surface area is 154 Å². The van der Waals surface area contributed by atoms with Crippen LogP contribution in [0, 0.1) is 5.82 Å². The lowest BCUT2D eigenvalue weighted by Gasteiger charge is -2.06. The van der Waals surface area contributed by atoms with Gasteiger partial charge in [0, 0.05) is 17.8 Å². The van der Waals surface area contributed by atoms with Gasteiger partial charge < -0.3 is 10.1 Å². The molecule has 6 nitrogen and oxygen atoms in total. The molecule has 0 fully saturated rings. The molecular formula is C20H16FN3O3. The molecule has 0 radical (unpaired) electrons. The Balaban J connectivity index is 1.69. The number of hydrogen-bond donors (Lipinski definition) is 1. The second kappa shape index (κ2) is 8.09. The third-order valence-electron chi connectivity index (χ3n) is 3.70. The highest BCUT2D eigenvalue weighted by atomic mass is 19.1. The molecule has 3 rings (SSSR count). The number of para-hydroxylation sites is 1. The summed E-state index contributed by atoms with van der Waals surface area (Å²) in [5, 5.41) is 6.63. The third kappa shape index (κ3) is 4.46. The van der Waals surface area contributed by atoms with Gasteiger partial charge in [-0.15, -0.1) is 0 Å². The van der Waals surface area contributed by atoms with Crippen molar-refractivity contribution in [3.8, 4) is 5.69 Å². The fourth-order valence-corrected chi connectivity index (χ4v) is 2.36. The van der Waals surface area contributed by atoms with Crippen molar-refractivity contribution in [1.29, 1.82) is 0 Å². The average molecular weight is 365 g/mol. The molecule has 0 aliphatic rings. The van der Waals surface area contributed by atoms with Crippen LogP contribution in [0.15, 0.2) is 67.0 Å². The fourth-order valence-electron chi connectivity index (χ4n) is 2.36. The monoisotopic (exact) mass is 365 g/mol. The van der Waals surface area contributed by atoms with E-state index < -0.39 is 17.7 Å². The summed E-state index contributed by atoms with van der Waals surface area (Å²) in [7, 11) is 1.22. The zero-order valence-electron chi connectivity index (χ0n) is 14.4. The van der Waals surface area contributed by atoms with Gasteiger partial charge in [-0.2, -0.15) is 5.10 Å². The minimum atomic E-state index is -0.652. The quantitative estimate of drug-likeness (QED) is 0.555. The predicted molar refractivity (Wildman–Crippen MR) is 99.0 cm³/mol. The smallest absolute Gasteiger partial charge is 0.337 e. The van der Waals surface area contributed by atoms with Crippen LogP contribution >= 0.6 is 0 Å². The second-order valence-electron chi connectivity index (χ2n) is 5.56. The van der Waals surface area contributed by atoms with Crippen molar-refractivity contribution >= 4 is 23.6 Å². The van der Waals surface area contributed by atoms with Crippen LogP contribution in [0.1, 0.15) is 15.9 Å². The van der Waals surface area contributed by atoms with Crippen LogP contribution in [-0.2, 0) is 9.53 Å². The van der Waals surface area contributed by atoms with E-state index in [0.29, 0.717) is 5.56 Å². The van der Waals surface area contributed by atoms with Gasteiger partial charge in [0.05, 0.1) is 30.2 Å². The second-order valence-corrected chi connectivity index (χ2v) is 5.56. The van der Waals surface area contributed by atoms with Crippen LogP contribution in [0.4, 0.5) is 10.1 Å². The molecule has 1 aromatic heterocycles. The molecule has 0 spiro atoms. The summed E-state index contributed by atoms with van der Waals surface area (Å²) in [5.41, 5.74) is 1.64. The van der Waals surface area contributed by atoms with E-state index in [0.717, 1.165) is 11.8 Å². The summed E-state index contributed by atoms with van der Waals surface area (Å²) < 4.78 is 20.1. The number of nitrogens with zero attached hydrogens (tertiary/aromatic N) is 2. The molecule has 1 amide bonds. The average Bonchev–Trinajstić information content (AvgIpc) is 3.17. The molecule has 0 saturated carbocycles. The highest BCUT2D eigenvalue weighted by Gasteiger charge is 2.11. The van der Waals surface area contributed by atoms with E-state index in [-0.39, 0.29) is 11.3 Å². The summed E-state index contributed by atoms with van der Waals surface area (Å²) in [6.45, 7) is 0. The first kappa shape index (κ1) is 18.1. The maximum Gasteiger partial charge on any atom is 0.337 e. The molecule has 0 saturated heterocycles. The molecule has 7 heteroatoms. The number of anilines is 1. The summed E-state index contributed by atoms with van der Waals surface area (Å²) in [6, 6.07) is 13.1. The predicted octanol–water partition coefficient (Wildman–Crippen LogP) is 3.45.